The summed E-state index contributed by atoms with van der Waals surface area (Å²) in [5.41, 5.74) is 0. The molecule has 1 N–H and O–H groups in total. The Morgan fingerprint density at radius 1 is 1.16 bits per heavy atom. The highest BCUT2D eigenvalue weighted by molar-refractivity contribution is 5.76. The molecule has 0 aromatic heterocycles. The molecule has 2 rings (SSSR count). The highest BCUT2D eigenvalue weighted by Gasteiger charge is 2.40. The lowest BCUT2D eigenvalue weighted by Gasteiger charge is -2.25. The second-order valence-electron chi connectivity index (χ2n) is 6.48. The lowest BCUT2D eigenvalue weighted by molar-refractivity contribution is -0.131. The SMILES string of the molecule is CN(CCO)CCN(C)C(=O)CC1CC2CCC1C2. The summed E-state index contributed by atoms with van der Waals surface area (Å²) in [5, 5.41) is 8.84. The number of aliphatic hydroxyl groups excluding tert-OH is 1. The summed E-state index contributed by atoms with van der Waals surface area (Å²) in [6.45, 7) is 2.45. The fourth-order valence-electron chi connectivity index (χ4n) is 3.73. The standard InChI is InChI=1S/C15H28N2O2/c1-16(7-8-18)5-6-17(2)15(19)11-14-10-12-3-4-13(14)9-12/h12-14,18H,3-11H2,1-2H3. The number of hydrogen-bond donors (Lipinski definition) is 1. The summed E-state index contributed by atoms with van der Waals surface area (Å²) in [7, 11) is 3.88. The van der Waals surface area contributed by atoms with Crippen molar-refractivity contribution in [3.8, 4) is 0 Å². The lowest BCUT2D eigenvalue weighted by Crippen LogP contribution is -2.36. The molecular weight excluding hydrogens is 240 g/mol. The molecule has 2 aliphatic rings. The van der Waals surface area contributed by atoms with Crippen LogP contribution < -0.4 is 0 Å². The molecule has 2 saturated carbocycles. The molecule has 0 spiro atoms. The number of amides is 1. The monoisotopic (exact) mass is 268 g/mol. The Morgan fingerprint density at radius 2 is 1.95 bits per heavy atom. The Labute approximate surface area is 116 Å². The first-order chi connectivity index (χ1) is 9.10. The van der Waals surface area contributed by atoms with Crippen LogP contribution in [0.25, 0.3) is 0 Å². The van der Waals surface area contributed by atoms with E-state index in [1.807, 2.05) is 19.0 Å². The highest BCUT2D eigenvalue weighted by atomic mass is 16.3. The minimum atomic E-state index is 0.180. The number of hydrogen-bond acceptors (Lipinski definition) is 3. The quantitative estimate of drug-likeness (QED) is 0.754. The van der Waals surface area contributed by atoms with Crippen molar-refractivity contribution in [3.63, 3.8) is 0 Å². The van der Waals surface area contributed by atoms with Gasteiger partial charge >= 0.3 is 0 Å². The van der Waals surface area contributed by atoms with E-state index in [2.05, 4.69) is 4.90 Å². The number of aliphatic hydroxyl groups is 1. The topological polar surface area (TPSA) is 43.8 Å². The van der Waals surface area contributed by atoms with Gasteiger partial charge in [0.15, 0.2) is 0 Å². The molecule has 4 nitrogen and oxygen atoms in total. The zero-order valence-corrected chi connectivity index (χ0v) is 12.3. The van der Waals surface area contributed by atoms with Gasteiger partial charge in [-0.3, -0.25) is 4.79 Å². The summed E-state index contributed by atoms with van der Waals surface area (Å²) in [6.07, 6.45) is 6.17. The van der Waals surface area contributed by atoms with Crippen molar-refractivity contribution in [2.24, 2.45) is 17.8 Å². The van der Waals surface area contributed by atoms with Crippen LogP contribution in [0.2, 0.25) is 0 Å². The van der Waals surface area contributed by atoms with E-state index in [-0.39, 0.29) is 6.61 Å². The van der Waals surface area contributed by atoms with Gasteiger partial charge in [-0.05, 0) is 44.1 Å². The first kappa shape index (κ1) is 14.8. The summed E-state index contributed by atoms with van der Waals surface area (Å²) < 4.78 is 0. The highest BCUT2D eigenvalue weighted by Crippen LogP contribution is 2.49. The van der Waals surface area contributed by atoms with Crippen molar-refractivity contribution >= 4 is 5.91 Å². The molecule has 19 heavy (non-hydrogen) atoms. The molecule has 2 aliphatic carbocycles. The Hall–Kier alpha value is -0.610. The van der Waals surface area contributed by atoms with Crippen LogP contribution in [0.15, 0.2) is 0 Å². The van der Waals surface area contributed by atoms with E-state index < -0.39 is 0 Å². The number of fused-ring (bicyclic) bond motifs is 2. The van der Waals surface area contributed by atoms with Crippen molar-refractivity contribution in [3.05, 3.63) is 0 Å². The fourth-order valence-corrected chi connectivity index (χ4v) is 3.73. The summed E-state index contributed by atoms with van der Waals surface area (Å²) in [4.78, 5) is 16.1. The predicted molar refractivity (Wildman–Crippen MR) is 75.8 cm³/mol. The average molecular weight is 268 g/mol. The van der Waals surface area contributed by atoms with E-state index in [0.717, 1.165) is 31.3 Å². The Morgan fingerprint density at radius 3 is 2.53 bits per heavy atom. The molecule has 0 saturated heterocycles. The molecule has 4 heteroatoms. The number of carbonyl (C=O) groups excluding carboxylic acids is 1. The zero-order chi connectivity index (χ0) is 13.8. The van der Waals surface area contributed by atoms with E-state index in [0.29, 0.717) is 18.4 Å². The van der Waals surface area contributed by atoms with Gasteiger partial charge in [0, 0.05) is 33.1 Å². The number of nitrogens with zero attached hydrogens (tertiary/aromatic N) is 2. The molecule has 2 fully saturated rings. The van der Waals surface area contributed by atoms with Crippen molar-refractivity contribution in [2.45, 2.75) is 32.1 Å². The first-order valence-electron chi connectivity index (χ1n) is 7.63. The maximum atomic E-state index is 12.2. The van der Waals surface area contributed by atoms with Gasteiger partial charge in [-0.2, -0.15) is 0 Å². The van der Waals surface area contributed by atoms with Crippen LogP contribution >= 0.6 is 0 Å². The van der Waals surface area contributed by atoms with Gasteiger partial charge in [-0.15, -0.1) is 0 Å². The van der Waals surface area contributed by atoms with Gasteiger partial charge in [0.25, 0.3) is 0 Å². The predicted octanol–water partition coefficient (Wildman–Crippen LogP) is 1.20. The number of rotatable bonds is 7. The van der Waals surface area contributed by atoms with Crippen molar-refractivity contribution in [1.82, 2.24) is 9.80 Å². The van der Waals surface area contributed by atoms with E-state index in [1.54, 1.807) is 0 Å². The molecule has 0 aliphatic heterocycles. The third kappa shape index (κ3) is 3.93. The Bertz CT molecular complexity index is 309. The van der Waals surface area contributed by atoms with Crippen molar-refractivity contribution in [1.29, 1.82) is 0 Å². The van der Waals surface area contributed by atoms with Crippen LogP contribution in [0, 0.1) is 17.8 Å². The van der Waals surface area contributed by atoms with Gasteiger partial charge in [0.1, 0.15) is 0 Å². The van der Waals surface area contributed by atoms with E-state index >= 15 is 0 Å². The second-order valence-corrected chi connectivity index (χ2v) is 6.48. The van der Waals surface area contributed by atoms with Gasteiger partial charge in [0.2, 0.25) is 5.91 Å². The number of likely N-dealkylation sites (N-methyl/N-ethyl adjacent to an activating group) is 2. The maximum absolute atomic E-state index is 12.2. The van der Waals surface area contributed by atoms with Crippen LogP contribution in [-0.2, 0) is 4.79 Å². The molecule has 3 atom stereocenters. The van der Waals surface area contributed by atoms with E-state index in [1.165, 1.54) is 25.7 Å². The zero-order valence-electron chi connectivity index (χ0n) is 12.3. The first-order valence-corrected chi connectivity index (χ1v) is 7.63. The third-order valence-corrected chi connectivity index (χ3v) is 5.05. The van der Waals surface area contributed by atoms with Gasteiger partial charge in [0.05, 0.1) is 6.61 Å². The maximum Gasteiger partial charge on any atom is 0.222 e. The molecule has 0 aromatic rings. The molecule has 110 valence electrons. The van der Waals surface area contributed by atoms with Crippen LogP contribution in [0.5, 0.6) is 0 Å². The van der Waals surface area contributed by atoms with Gasteiger partial charge < -0.3 is 14.9 Å². The van der Waals surface area contributed by atoms with Crippen molar-refractivity contribution < 1.29 is 9.90 Å². The Kier molecular flexibility index (Phi) is 5.22. The molecule has 0 radical (unpaired) electrons. The smallest absolute Gasteiger partial charge is 0.222 e. The Balaban J connectivity index is 1.68. The molecule has 3 unspecified atom stereocenters. The van der Waals surface area contributed by atoms with Gasteiger partial charge in [-0.25, -0.2) is 0 Å². The van der Waals surface area contributed by atoms with Crippen LogP contribution in [-0.4, -0.2) is 61.2 Å². The second kappa shape index (κ2) is 6.71. The summed E-state index contributed by atoms with van der Waals surface area (Å²) in [5.74, 6) is 2.71. The fraction of sp³-hybridized carbons (Fsp3) is 0.933. The minimum absolute atomic E-state index is 0.180. The normalized spacial score (nSPS) is 29.2. The molecule has 0 aromatic carbocycles. The summed E-state index contributed by atoms with van der Waals surface area (Å²) >= 11 is 0. The lowest BCUT2D eigenvalue weighted by atomic mass is 9.86. The number of carbonyl (C=O) groups is 1. The molecule has 0 heterocycles. The average Bonchev–Trinajstić information content (AvgIpc) is 2.98. The largest absolute Gasteiger partial charge is 0.395 e. The van der Waals surface area contributed by atoms with Crippen LogP contribution in [0.1, 0.15) is 32.1 Å². The molecule has 1 amide bonds. The van der Waals surface area contributed by atoms with Crippen LogP contribution in [0.3, 0.4) is 0 Å². The van der Waals surface area contributed by atoms with E-state index in [4.69, 9.17) is 5.11 Å². The van der Waals surface area contributed by atoms with Crippen molar-refractivity contribution in [2.75, 3.05) is 40.3 Å². The molecular formula is C15H28N2O2. The van der Waals surface area contributed by atoms with Gasteiger partial charge in [-0.1, -0.05) is 6.42 Å². The third-order valence-electron chi connectivity index (χ3n) is 5.05. The van der Waals surface area contributed by atoms with Crippen LogP contribution in [0.4, 0.5) is 0 Å². The minimum Gasteiger partial charge on any atom is -0.395 e. The van der Waals surface area contributed by atoms with E-state index in [9.17, 15) is 4.79 Å². The molecule has 2 bridgehead atoms. The summed E-state index contributed by atoms with van der Waals surface area (Å²) in [6, 6.07) is 0.